The summed E-state index contributed by atoms with van der Waals surface area (Å²) >= 11 is 0. The van der Waals surface area contributed by atoms with Crippen molar-refractivity contribution in [3.8, 4) is 0 Å². The fourth-order valence-corrected chi connectivity index (χ4v) is 0.938. The van der Waals surface area contributed by atoms with E-state index in [1.807, 2.05) is 24.5 Å². The average Bonchev–Trinajstić information content (AvgIpc) is 2.19. The molecule has 1 aromatic carbocycles. The second-order valence-corrected chi connectivity index (χ2v) is 3.11. The van der Waals surface area contributed by atoms with E-state index in [0.717, 1.165) is 6.42 Å². The van der Waals surface area contributed by atoms with Crippen LogP contribution in [0.4, 0.5) is 0 Å². The van der Waals surface area contributed by atoms with Gasteiger partial charge in [-0.05, 0) is 24.5 Å². The Balaban J connectivity index is 2.36. The highest BCUT2D eigenvalue weighted by atomic mass is 16.5. The summed E-state index contributed by atoms with van der Waals surface area (Å²) in [5, 5.41) is 0. The van der Waals surface area contributed by atoms with Crippen molar-refractivity contribution >= 4 is 0 Å². The Kier molecular flexibility index (Phi) is 4.10. The van der Waals surface area contributed by atoms with Crippen molar-refractivity contribution in [2.75, 3.05) is 0 Å². The number of ether oxygens (including phenoxy) is 1. The number of hydrogen-bond donors (Lipinski definition) is 0. The van der Waals surface area contributed by atoms with Gasteiger partial charge >= 0.3 is 0 Å². The molecule has 0 heterocycles. The van der Waals surface area contributed by atoms with Crippen molar-refractivity contribution in [1.82, 2.24) is 0 Å². The molecule has 1 nitrogen and oxygen atoms in total. The first-order valence-electron chi connectivity index (χ1n) is 4.64. The molecule has 0 fully saturated rings. The summed E-state index contributed by atoms with van der Waals surface area (Å²) in [7, 11) is 0. The van der Waals surface area contributed by atoms with Crippen molar-refractivity contribution in [1.29, 1.82) is 0 Å². The van der Waals surface area contributed by atoms with Crippen LogP contribution in [-0.4, -0.2) is 0 Å². The lowest BCUT2D eigenvalue weighted by atomic mass is 10.2. The summed E-state index contributed by atoms with van der Waals surface area (Å²) in [6.07, 6.45) is 2.89. The van der Waals surface area contributed by atoms with Crippen molar-refractivity contribution in [3.63, 3.8) is 0 Å². The van der Waals surface area contributed by atoms with Gasteiger partial charge in [0.05, 0.1) is 6.26 Å². The highest BCUT2D eigenvalue weighted by Gasteiger charge is 1.89. The van der Waals surface area contributed by atoms with E-state index in [0.29, 0.717) is 6.61 Å². The Morgan fingerprint density at radius 1 is 1.31 bits per heavy atom. The highest BCUT2D eigenvalue weighted by Crippen LogP contribution is 2.03. The van der Waals surface area contributed by atoms with Crippen LogP contribution in [0.15, 0.2) is 42.2 Å². The van der Waals surface area contributed by atoms with Gasteiger partial charge < -0.3 is 4.74 Å². The zero-order valence-corrected chi connectivity index (χ0v) is 8.29. The fourth-order valence-electron chi connectivity index (χ4n) is 0.938. The van der Waals surface area contributed by atoms with Gasteiger partial charge in [0, 0.05) is 0 Å². The third-order valence-corrected chi connectivity index (χ3v) is 1.94. The van der Waals surface area contributed by atoms with Crippen LogP contribution in [0.2, 0.25) is 0 Å². The standard InChI is InChI=1S/C12H16O/c1-3-11(2)9-13-10-12-7-5-4-6-8-12/h4-9H,3,10H2,1-2H3/b11-9+. The molecule has 0 saturated carbocycles. The number of hydrogen-bond acceptors (Lipinski definition) is 1. The lowest BCUT2D eigenvalue weighted by molar-refractivity contribution is 0.233. The van der Waals surface area contributed by atoms with Crippen molar-refractivity contribution < 1.29 is 4.74 Å². The van der Waals surface area contributed by atoms with Gasteiger partial charge in [0.2, 0.25) is 0 Å². The molecule has 0 saturated heterocycles. The Morgan fingerprint density at radius 2 is 2.00 bits per heavy atom. The maximum absolute atomic E-state index is 5.41. The van der Waals surface area contributed by atoms with E-state index in [2.05, 4.69) is 26.0 Å². The molecule has 1 rings (SSSR count). The van der Waals surface area contributed by atoms with Gasteiger partial charge in [-0.1, -0.05) is 37.3 Å². The Bertz CT molecular complexity index is 262. The molecule has 0 N–H and O–H groups in total. The maximum atomic E-state index is 5.41. The predicted octanol–water partition coefficient (Wildman–Crippen LogP) is 3.52. The molecule has 0 unspecified atom stereocenters. The quantitative estimate of drug-likeness (QED) is 0.638. The topological polar surface area (TPSA) is 9.23 Å². The zero-order chi connectivity index (χ0) is 9.52. The molecular formula is C12H16O. The summed E-state index contributed by atoms with van der Waals surface area (Å²) in [6.45, 7) is 4.86. The normalized spacial score (nSPS) is 11.4. The minimum atomic E-state index is 0.665. The molecule has 0 radical (unpaired) electrons. The van der Waals surface area contributed by atoms with Crippen LogP contribution >= 0.6 is 0 Å². The molecule has 0 aliphatic rings. The summed E-state index contributed by atoms with van der Waals surface area (Å²) < 4.78 is 5.41. The van der Waals surface area contributed by atoms with E-state index in [9.17, 15) is 0 Å². The molecule has 0 amide bonds. The van der Waals surface area contributed by atoms with Crippen LogP contribution in [0, 0.1) is 0 Å². The SMILES string of the molecule is CC/C(C)=C/OCc1ccccc1. The number of allylic oxidation sites excluding steroid dienone is 1. The molecule has 13 heavy (non-hydrogen) atoms. The van der Waals surface area contributed by atoms with Gasteiger partial charge in [-0.2, -0.15) is 0 Å². The van der Waals surface area contributed by atoms with Crippen LogP contribution in [0.1, 0.15) is 25.8 Å². The van der Waals surface area contributed by atoms with Crippen LogP contribution in [0.25, 0.3) is 0 Å². The minimum Gasteiger partial charge on any atom is -0.497 e. The largest absolute Gasteiger partial charge is 0.497 e. The molecule has 70 valence electrons. The lowest BCUT2D eigenvalue weighted by Crippen LogP contribution is -1.86. The Labute approximate surface area is 80.0 Å². The molecular weight excluding hydrogens is 160 g/mol. The summed E-state index contributed by atoms with van der Waals surface area (Å²) in [5.74, 6) is 0. The van der Waals surface area contributed by atoms with Gasteiger partial charge in [-0.25, -0.2) is 0 Å². The molecule has 0 aromatic heterocycles. The van der Waals surface area contributed by atoms with E-state index in [4.69, 9.17) is 4.74 Å². The smallest absolute Gasteiger partial charge is 0.112 e. The lowest BCUT2D eigenvalue weighted by Gasteiger charge is -2.01. The average molecular weight is 176 g/mol. The van der Waals surface area contributed by atoms with Gasteiger partial charge in [-0.15, -0.1) is 0 Å². The maximum Gasteiger partial charge on any atom is 0.112 e. The van der Waals surface area contributed by atoms with Gasteiger partial charge in [-0.3, -0.25) is 0 Å². The minimum absolute atomic E-state index is 0.665. The van der Waals surface area contributed by atoms with Crippen molar-refractivity contribution in [3.05, 3.63) is 47.7 Å². The Morgan fingerprint density at radius 3 is 2.62 bits per heavy atom. The van der Waals surface area contributed by atoms with Gasteiger partial charge in [0.1, 0.15) is 6.61 Å². The van der Waals surface area contributed by atoms with Crippen LogP contribution in [0.5, 0.6) is 0 Å². The van der Waals surface area contributed by atoms with E-state index < -0.39 is 0 Å². The Hall–Kier alpha value is -1.24. The first kappa shape index (κ1) is 9.85. The second kappa shape index (κ2) is 5.41. The molecule has 1 aromatic rings. The van der Waals surface area contributed by atoms with Gasteiger partial charge in [0.25, 0.3) is 0 Å². The fraction of sp³-hybridized carbons (Fsp3) is 0.333. The molecule has 0 atom stereocenters. The first-order valence-corrected chi connectivity index (χ1v) is 4.64. The van der Waals surface area contributed by atoms with Crippen molar-refractivity contribution in [2.24, 2.45) is 0 Å². The third-order valence-electron chi connectivity index (χ3n) is 1.94. The van der Waals surface area contributed by atoms with Crippen LogP contribution in [-0.2, 0) is 11.3 Å². The summed E-state index contributed by atoms with van der Waals surface area (Å²) in [4.78, 5) is 0. The van der Waals surface area contributed by atoms with E-state index in [1.165, 1.54) is 11.1 Å². The molecule has 0 spiro atoms. The molecule has 0 aliphatic heterocycles. The van der Waals surface area contributed by atoms with Crippen molar-refractivity contribution in [2.45, 2.75) is 26.9 Å². The van der Waals surface area contributed by atoms with E-state index >= 15 is 0 Å². The first-order chi connectivity index (χ1) is 6.33. The second-order valence-electron chi connectivity index (χ2n) is 3.11. The number of benzene rings is 1. The predicted molar refractivity (Wildman–Crippen MR) is 55.3 cm³/mol. The molecule has 1 heteroatoms. The number of rotatable bonds is 4. The monoisotopic (exact) mass is 176 g/mol. The van der Waals surface area contributed by atoms with Gasteiger partial charge in [0.15, 0.2) is 0 Å². The van der Waals surface area contributed by atoms with Crippen LogP contribution < -0.4 is 0 Å². The zero-order valence-electron chi connectivity index (χ0n) is 8.29. The summed E-state index contributed by atoms with van der Waals surface area (Å²) in [5.41, 5.74) is 2.48. The molecule has 0 bridgehead atoms. The summed E-state index contributed by atoms with van der Waals surface area (Å²) in [6, 6.07) is 10.2. The molecule has 0 aliphatic carbocycles. The third kappa shape index (κ3) is 3.79. The van der Waals surface area contributed by atoms with Crippen LogP contribution in [0.3, 0.4) is 0 Å². The highest BCUT2D eigenvalue weighted by molar-refractivity contribution is 5.13. The van der Waals surface area contributed by atoms with E-state index in [-0.39, 0.29) is 0 Å². The van der Waals surface area contributed by atoms with E-state index in [1.54, 1.807) is 0 Å².